The van der Waals surface area contributed by atoms with Crippen molar-refractivity contribution in [2.24, 2.45) is 0 Å². The van der Waals surface area contributed by atoms with Crippen LogP contribution in [0, 0.1) is 0 Å². The number of para-hydroxylation sites is 2. The molecule has 120 valence electrons. The van der Waals surface area contributed by atoms with Gasteiger partial charge < -0.3 is 14.4 Å². The van der Waals surface area contributed by atoms with Gasteiger partial charge in [0.2, 0.25) is 0 Å². The van der Waals surface area contributed by atoms with Crippen LogP contribution in [-0.2, 0) is 11.3 Å². The molecule has 1 aromatic heterocycles. The fraction of sp³-hybridized carbons (Fsp3) is 0.333. The molecule has 1 aliphatic carbocycles. The van der Waals surface area contributed by atoms with Crippen LogP contribution in [-0.4, -0.2) is 35.5 Å². The number of amides is 1. The maximum atomic E-state index is 12.5. The first-order valence-electron chi connectivity index (χ1n) is 7.72. The summed E-state index contributed by atoms with van der Waals surface area (Å²) in [7, 11) is 1.59. The molecule has 5 heteroatoms. The zero-order valence-electron chi connectivity index (χ0n) is 13.1. The van der Waals surface area contributed by atoms with Crippen molar-refractivity contribution in [2.75, 3.05) is 13.7 Å². The minimum Gasteiger partial charge on any atom is -0.493 e. The van der Waals surface area contributed by atoms with Crippen molar-refractivity contribution >= 4 is 5.91 Å². The van der Waals surface area contributed by atoms with Crippen molar-refractivity contribution in [1.29, 1.82) is 0 Å². The van der Waals surface area contributed by atoms with Crippen LogP contribution < -0.4 is 9.47 Å². The van der Waals surface area contributed by atoms with Gasteiger partial charge in [-0.25, -0.2) is 0 Å². The maximum Gasteiger partial charge on any atom is 0.261 e. The molecule has 1 saturated carbocycles. The molecule has 2 aromatic rings. The number of carbonyl (C=O) groups excluding carboxylic acids is 1. The highest BCUT2D eigenvalue weighted by atomic mass is 16.5. The standard InChI is InChI=1S/C18H20N2O3/c1-22-16-6-2-3-7-17(16)23-13-18(21)20(15-8-9-15)12-14-5-4-10-19-11-14/h2-7,10-11,15H,8-9,12-13H2,1H3. The van der Waals surface area contributed by atoms with Gasteiger partial charge in [0.1, 0.15) is 0 Å². The number of rotatable bonds is 7. The summed E-state index contributed by atoms with van der Waals surface area (Å²) in [6.07, 6.45) is 5.64. The number of hydrogen-bond donors (Lipinski definition) is 0. The lowest BCUT2D eigenvalue weighted by atomic mass is 10.2. The van der Waals surface area contributed by atoms with Crippen LogP contribution in [0.1, 0.15) is 18.4 Å². The highest BCUT2D eigenvalue weighted by Gasteiger charge is 2.32. The number of pyridine rings is 1. The summed E-state index contributed by atoms with van der Waals surface area (Å²) in [4.78, 5) is 18.5. The van der Waals surface area contributed by atoms with E-state index in [2.05, 4.69) is 4.98 Å². The Labute approximate surface area is 135 Å². The minimum atomic E-state index is -0.0118. The third-order valence-corrected chi connectivity index (χ3v) is 3.80. The van der Waals surface area contributed by atoms with Gasteiger partial charge in [0.25, 0.3) is 5.91 Å². The van der Waals surface area contributed by atoms with E-state index in [9.17, 15) is 4.79 Å². The van der Waals surface area contributed by atoms with E-state index in [0.29, 0.717) is 24.1 Å². The number of ether oxygens (including phenoxy) is 2. The molecular formula is C18H20N2O3. The van der Waals surface area contributed by atoms with Crippen molar-refractivity contribution in [2.45, 2.75) is 25.4 Å². The highest BCUT2D eigenvalue weighted by Crippen LogP contribution is 2.29. The number of carbonyl (C=O) groups is 1. The van der Waals surface area contributed by atoms with Gasteiger partial charge in [-0.1, -0.05) is 18.2 Å². The summed E-state index contributed by atoms with van der Waals surface area (Å²) < 4.78 is 10.9. The SMILES string of the molecule is COc1ccccc1OCC(=O)N(Cc1cccnc1)C1CC1. The number of aromatic nitrogens is 1. The Balaban J connectivity index is 1.63. The van der Waals surface area contributed by atoms with Gasteiger partial charge in [-0.15, -0.1) is 0 Å². The Kier molecular flexibility index (Phi) is 4.76. The van der Waals surface area contributed by atoms with E-state index in [4.69, 9.17) is 9.47 Å². The zero-order valence-corrected chi connectivity index (χ0v) is 13.1. The molecule has 0 bridgehead atoms. The molecule has 1 fully saturated rings. The van der Waals surface area contributed by atoms with E-state index >= 15 is 0 Å². The predicted molar refractivity (Wildman–Crippen MR) is 86.3 cm³/mol. The predicted octanol–water partition coefficient (Wildman–Crippen LogP) is 2.66. The van der Waals surface area contributed by atoms with Crippen LogP contribution in [0.25, 0.3) is 0 Å². The molecule has 0 aliphatic heterocycles. The largest absolute Gasteiger partial charge is 0.493 e. The summed E-state index contributed by atoms with van der Waals surface area (Å²) >= 11 is 0. The first-order chi connectivity index (χ1) is 11.3. The summed E-state index contributed by atoms with van der Waals surface area (Å²) in [5.74, 6) is 1.20. The number of nitrogens with zero attached hydrogens (tertiary/aromatic N) is 2. The molecule has 0 spiro atoms. The summed E-state index contributed by atoms with van der Waals surface area (Å²) in [6.45, 7) is 0.587. The molecule has 5 nitrogen and oxygen atoms in total. The molecule has 1 aliphatic rings. The average Bonchev–Trinajstić information content (AvgIpc) is 3.43. The van der Waals surface area contributed by atoms with E-state index < -0.39 is 0 Å². The quantitative estimate of drug-likeness (QED) is 0.789. The van der Waals surface area contributed by atoms with E-state index in [1.807, 2.05) is 35.2 Å². The molecule has 0 atom stereocenters. The summed E-state index contributed by atoms with van der Waals surface area (Å²) in [6, 6.07) is 11.5. The maximum absolute atomic E-state index is 12.5. The zero-order chi connectivity index (χ0) is 16.1. The molecule has 1 amide bonds. The van der Waals surface area contributed by atoms with Gasteiger partial charge in [-0.3, -0.25) is 9.78 Å². The van der Waals surface area contributed by atoms with Crippen LogP contribution in [0.15, 0.2) is 48.8 Å². The molecule has 1 heterocycles. The Hall–Kier alpha value is -2.56. The van der Waals surface area contributed by atoms with Gasteiger partial charge in [0.05, 0.1) is 7.11 Å². The van der Waals surface area contributed by atoms with Gasteiger partial charge in [0.15, 0.2) is 18.1 Å². The van der Waals surface area contributed by atoms with Crippen molar-refractivity contribution in [1.82, 2.24) is 9.88 Å². The smallest absolute Gasteiger partial charge is 0.261 e. The number of benzene rings is 1. The van der Waals surface area contributed by atoms with Gasteiger partial charge in [0, 0.05) is 25.0 Å². The number of hydrogen-bond acceptors (Lipinski definition) is 4. The molecule has 0 unspecified atom stereocenters. The molecule has 3 rings (SSSR count). The van der Waals surface area contributed by atoms with Crippen LogP contribution in [0.4, 0.5) is 0 Å². The van der Waals surface area contributed by atoms with Gasteiger partial charge >= 0.3 is 0 Å². The van der Waals surface area contributed by atoms with Crippen molar-refractivity contribution in [3.05, 3.63) is 54.4 Å². The normalized spacial score (nSPS) is 13.4. The molecular weight excluding hydrogens is 292 g/mol. The number of methoxy groups -OCH3 is 1. The van der Waals surface area contributed by atoms with Gasteiger partial charge in [-0.2, -0.15) is 0 Å². The fourth-order valence-corrected chi connectivity index (χ4v) is 2.46. The Morgan fingerprint density at radius 3 is 2.65 bits per heavy atom. The second-order valence-corrected chi connectivity index (χ2v) is 5.55. The first-order valence-corrected chi connectivity index (χ1v) is 7.72. The lowest BCUT2D eigenvalue weighted by Gasteiger charge is -2.22. The Morgan fingerprint density at radius 2 is 2.00 bits per heavy atom. The minimum absolute atomic E-state index is 0.0110. The monoisotopic (exact) mass is 312 g/mol. The molecule has 0 N–H and O–H groups in total. The topological polar surface area (TPSA) is 51.7 Å². The molecule has 1 aromatic carbocycles. The van der Waals surface area contributed by atoms with Crippen LogP contribution in [0.3, 0.4) is 0 Å². The highest BCUT2D eigenvalue weighted by molar-refractivity contribution is 5.78. The fourth-order valence-electron chi connectivity index (χ4n) is 2.46. The van der Waals surface area contributed by atoms with Crippen LogP contribution in [0.2, 0.25) is 0 Å². The lowest BCUT2D eigenvalue weighted by Crippen LogP contribution is -2.36. The van der Waals surface area contributed by atoms with Crippen molar-refractivity contribution < 1.29 is 14.3 Å². The Bertz CT molecular complexity index is 656. The van der Waals surface area contributed by atoms with Crippen molar-refractivity contribution in [3.63, 3.8) is 0 Å². The molecule has 0 saturated heterocycles. The van der Waals surface area contributed by atoms with E-state index in [1.165, 1.54) is 0 Å². The molecule has 0 radical (unpaired) electrons. The van der Waals surface area contributed by atoms with E-state index in [0.717, 1.165) is 18.4 Å². The van der Waals surface area contributed by atoms with Crippen LogP contribution >= 0.6 is 0 Å². The average molecular weight is 312 g/mol. The second kappa shape index (κ2) is 7.13. The van der Waals surface area contributed by atoms with Crippen LogP contribution in [0.5, 0.6) is 11.5 Å². The van der Waals surface area contributed by atoms with E-state index in [-0.39, 0.29) is 12.5 Å². The third kappa shape index (κ3) is 4.00. The van der Waals surface area contributed by atoms with E-state index in [1.54, 1.807) is 25.6 Å². The first kappa shape index (κ1) is 15.3. The second-order valence-electron chi connectivity index (χ2n) is 5.55. The lowest BCUT2D eigenvalue weighted by molar-refractivity contribution is -0.134. The van der Waals surface area contributed by atoms with Crippen molar-refractivity contribution in [3.8, 4) is 11.5 Å². The summed E-state index contributed by atoms with van der Waals surface area (Å²) in [5.41, 5.74) is 1.03. The Morgan fingerprint density at radius 1 is 1.22 bits per heavy atom. The van der Waals surface area contributed by atoms with Gasteiger partial charge in [-0.05, 0) is 36.6 Å². The third-order valence-electron chi connectivity index (χ3n) is 3.80. The molecule has 23 heavy (non-hydrogen) atoms. The summed E-state index contributed by atoms with van der Waals surface area (Å²) in [5, 5.41) is 0.